The average molecular weight is 391 g/mol. The number of fused-ring (bicyclic) bond motifs is 1. The molecule has 0 bridgehead atoms. The van der Waals surface area contributed by atoms with E-state index in [1.165, 1.54) is 29.2 Å². The van der Waals surface area contributed by atoms with Crippen molar-refractivity contribution in [3.8, 4) is 5.75 Å². The van der Waals surface area contributed by atoms with Gasteiger partial charge in [0.2, 0.25) is 0 Å². The minimum absolute atomic E-state index is 0.00770. The second-order valence-corrected chi connectivity index (χ2v) is 7.60. The summed E-state index contributed by atoms with van der Waals surface area (Å²) in [6.07, 6.45) is 0. The van der Waals surface area contributed by atoms with Crippen LogP contribution in [0.2, 0.25) is 0 Å². The first kappa shape index (κ1) is 18.5. The number of carboxylic acid groups (broad SMARTS) is 1. The van der Waals surface area contributed by atoms with E-state index in [0.717, 1.165) is 5.56 Å². The molecule has 0 spiro atoms. The van der Waals surface area contributed by atoms with E-state index in [1.54, 1.807) is 25.2 Å². The average Bonchev–Trinajstić information content (AvgIpc) is 2.61. The lowest BCUT2D eigenvalue weighted by molar-refractivity contribution is -0.139. The maximum absolute atomic E-state index is 12.5. The van der Waals surface area contributed by atoms with E-state index in [1.807, 2.05) is 0 Å². The van der Waals surface area contributed by atoms with E-state index >= 15 is 0 Å². The summed E-state index contributed by atoms with van der Waals surface area (Å²) in [4.78, 5) is 23.6. The summed E-state index contributed by atoms with van der Waals surface area (Å²) < 4.78 is 32.5. The number of nitrogens with zero attached hydrogens (tertiary/aromatic N) is 1. The van der Waals surface area contributed by atoms with Crippen LogP contribution < -0.4 is 14.8 Å². The van der Waals surface area contributed by atoms with Gasteiger partial charge in [-0.15, -0.1) is 0 Å². The van der Waals surface area contributed by atoms with Crippen molar-refractivity contribution < 1.29 is 27.9 Å². The van der Waals surface area contributed by atoms with Crippen molar-refractivity contribution in [2.75, 3.05) is 23.7 Å². The van der Waals surface area contributed by atoms with E-state index in [-0.39, 0.29) is 16.7 Å². The number of carbonyl (C=O) groups is 2. The molecule has 3 rings (SSSR count). The van der Waals surface area contributed by atoms with Gasteiger partial charge < -0.3 is 20.1 Å². The molecule has 2 aromatic rings. The fourth-order valence-corrected chi connectivity index (χ4v) is 3.57. The van der Waals surface area contributed by atoms with Crippen LogP contribution in [0.3, 0.4) is 0 Å². The third-order valence-corrected chi connectivity index (χ3v) is 5.25. The highest BCUT2D eigenvalue weighted by Crippen LogP contribution is 2.27. The molecule has 1 aliphatic rings. The lowest BCUT2D eigenvalue weighted by Gasteiger charge is -2.26. The largest absolute Gasteiger partial charge is 0.482 e. The summed E-state index contributed by atoms with van der Waals surface area (Å²) >= 11 is 0. The Labute approximate surface area is 155 Å². The number of carboxylic acids is 1. The maximum Gasteiger partial charge on any atom is 0.341 e. The molecular weight excluding hydrogens is 374 g/mol. The Bertz CT molecular complexity index is 988. The lowest BCUT2D eigenvalue weighted by Crippen LogP contribution is -2.35. The number of aliphatic carboxylic acids is 1. The van der Waals surface area contributed by atoms with Gasteiger partial charge in [0.25, 0.3) is 10.0 Å². The molecule has 2 amide bonds. The van der Waals surface area contributed by atoms with E-state index in [9.17, 15) is 18.0 Å². The lowest BCUT2D eigenvalue weighted by atomic mass is 10.1. The van der Waals surface area contributed by atoms with Crippen LogP contribution in [0.5, 0.6) is 5.75 Å². The molecule has 1 heterocycles. The Hall–Kier alpha value is -3.27. The normalized spacial score (nSPS) is 13.5. The predicted molar refractivity (Wildman–Crippen MR) is 97.3 cm³/mol. The standard InChI is InChI=1S/C17H17N3O6S/c1-20-9-11-8-12(2-7-15(11)18-17(20)23)19-27(24,25)14-5-3-13(4-6-14)26-10-16(21)22/h2-8,19H,9-10H2,1H3,(H,18,23)(H,21,22). The van der Waals surface area contributed by atoms with E-state index in [4.69, 9.17) is 9.84 Å². The van der Waals surface area contributed by atoms with Crippen molar-refractivity contribution in [3.05, 3.63) is 48.0 Å². The van der Waals surface area contributed by atoms with Crippen LogP contribution in [0, 0.1) is 0 Å². The third-order valence-electron chi connectivity index (χ3n) is 3.85. The number of benzene rings is 2. The van der Waals surface area contributed by atoms with Gasteiger partial charge in [-0.25, -0.2) is 18.0 Å². The summed E-state index contributed by atoms with van der Waals surface area (Å²) in [5.41, 5.74) is 1.79. The Morgan fingerprint density at radius 1 is 1.26 bits per heavy atom. The number of rotatable bonds is 6. The Kier molecular flexibility index (Phi) is 4.91. The summed E-state index contributed by atoms with van der Waals surface area (Å²) in [5.74, 6) is -0.869. The second kappa shape index (κ2) is 7.16. The molecule has 0 atom stereocenters. The summed E-state index contributed by atoms with van der Waals surface area (Å²) in [6, 6.07) is 10.1. The minimum Gasteiger partial charge on any atom is -0.482 e. The van der Waals surface area contributed by atoms with Gasteiger partial charge in [0, 0.05) is 25.0 Å². The number of hydrogen-bond acceptors (Lipinski definition) is 5. The topological polar surface area (TPSA) is 125 Å². The summed E-state index contributed by atoms with van der Waals surface area (Å²) in [7, 11) is -2.19. The van der Waals surface area contributed by atoms with Crippen molar-refractivity contribution in [1.29, 1.82) is 0 Å². The van der Waals surface area contributed by atoms with Gasteiger partial charge in [-0.3, -0.25) is 4.72 Å². The zero-order valence-corrected chi connectivity index (χ0v) is 15.1. The molecule has 0 aliphatic carbocycles. The van der Waals surface area contributed by atoms with Gasteiger partial charge in [0.1, 0.15) is 5.75 Å². The van der Waals surface area contributed by atoms with Gasteiger partial charge in [0.15, 0.2) is 6.61 Å². The number of ether oxygens (including phenoxy) is 1. The zero-order chi connectivity index (χ0) is 19.6. The highest BCUT2D eigenvalue weighted by atomic mass is 32.2. The van der Waals surface area contributed by atoms with Gasteiger partial charge in [-0.05, 0) is 48.0 Å². The molecule has 0 saturated carbocycles. The molecule has 10 heteroatoms. The third kappa shape index (κ3) is 4.29. The van der Waals surface area contributed by atoms with Crippen LogP contribution in [0.4, 0.5) is 16.2 Å². The van der Waals surface area contributed by atoms with Crippen molar-refractivity contribution in [1.82, 2.24) is 4.90 Å². The molecule has 3 N–H and O–H groups in total. The first-order valence-electron chi connectivity index (χ1n) is 7.87. The molecule has 0 saturated heterocycles. The molecule has 0 radical (unpaired) electrons. The highest BCUT2D eigenvalue weighted by Gasteiger charge is 2.21. The molecule has 0 fully saturated rings. The molecule has 0 unspecified atom stereocenters. The molecular formula is C17H17N3O6S. The van der Waals surface area contributed by atoms with Gasteiger partial charge in [-0.1, -0.05) is 0 Å². The quantitative estimate of drug-likeness (QED) is 0.691. The fourth-order valence-electron chi connectivity index (χ4n) is 2.52. The maximum atomic E-state index is 12.5. The van der Waals surface area contributed by atoms with Gasteiger partial charge in [-0.2, -0.15) is 0 Å². The molecule has 2 aromatic carbocycles. The smallest absolute Gasteiger partial charge is 0.341 e. The number of amides is 2. The van der Waals surface area contributed by atoms with Crippen LogP contribution in [-0.2, 0) is 21.4 Å². The van der Waals surface area contributed by atoms with Crippen LogP contribution in [-0.4, -0.2) is 44.1 Å². The van der Waals surface area contributed by atoms with Gasteiger partial charge in [0.05, 0.1) is 4.90 Å². The summed E-state index contributed by atoms with van der Waals surface area (Å²) in [5, 5.41) is 11.3. The number of anilines is 2. The van der Waals surface area contributed by atoms with Crippen LogP contribution in [0.1, 0.15) is 5.56 Å². The zero-order valence-electron chi connectivity index (χ0n) is 14.3. The van der Waals surface area contributed by atoms with E-state index in [0.29, 0.717) is 17.9 Å². The minimum atomic E-state index is -3.84. The van der Waals surface area contributed by atoms with Crippen LogP contribution in [0.15, 0.2) is 47.4 Å². The number of sulfonamides is 1. The van der Waals surface area contributed by atoms with Crippen LogP contribution in [0.25, 0.3) is 0 Å². The highest BCUT2D eigenvalue weighted by molar-refractivity contribution is 7.92. The second-order valence-electron chi connectivity index (χ2n) is 5.92. The number of hydrogen-bond donors (Lipinski definition) is 3. The van der Waals surface area contributed by atoms with Crippen molar-refractivity contribution in [2.45, 2.75) is 11.4 Å². The van der Waals surface area contributed by atoms with E-state index in [2.05, 4.69) is 10.0 Å². The monoisotopic (exact) mass is 391 g/mol. The van der Waals surface area contributed by atoms with Crippen LogP contribution >= 0.6 is 0 Å². The van der Waals surface area contributed by atoms with Crippen molar-refractivity contribution >= 4 is 33.4 Å². The molecule has 0 aromatic heterocycles. The number of urea groups is 1. The molecule has 1 aliphatic heterocycles. The molecule has 142 valence electrons. The summed E-state index contributed by atoms with van der Waals surface area (Å²) in [6.45, 7) is -0.142. The number of carbonyl (C=O) groups excluding carboxylic acids is 1. The predicted octanol–water partition coefficient (Wildman–Crippen LogP) is 1.93. The van der Waals surface area contributed by atoms with E-state index < -0.39 is 22.6 Å². The number of nitrogens with one attached hydrogen (secondary N) is 2. The Balaban J connectivity index is 1.76. The van der Waals surface area contributed by atoms with Crippen molar-refractivity contribution in [2.24, 2.45) is 0 Å². The van der Waals surface area contributed by atoms with Gasteiger partial charge >= 0.3 is 12.0 Å². The first-order chi connectivity index (χ1) is 12.7. The Morgan fingerprint density at radius 3 is 2.63 bits per heavy atom. The fraction of sp³-hybridized carbons (Fsp3) is 0.176. The van der Waals surface area contributed by atoms with Crippen molar-refractivity contribution in [3.63, 3.8) is 0 Å². The Morgan fingerprint density at radius 2 is 1.96 bits per heavy atom. The first-order valence-corrected chi connectivity index (χ1v) is 9.35. The SMILES string of the molecule is CN1Cc2cc(NS(=O)(=O)c3ccc(OCC(=O)O)cc3)ccc2NC1=O. The molecule has 9 nitrogen and oxygen atoms in total. The molecule has 27 heavy (non-hydrogen) atoms.